The minimum absolute atomic E-state index is 0.130. The highest BCUT2D eigenvalue weighted by Crippen LogP contribution is 2.47. The first-order valence-corrected chi connectivity index (χ1v) is 6.08. The maximum absolute atomic E-state index is 12.7. The molecule has 1 saturated heterocycles. The summed E-state index contributed by atoms with van der Waals surface area (Å²) in [6.07, 6.45) is 3.85. The highest BCUT2D eigenvalue weighted by Gasteiger charge is 2.61. The van der Waals surface area contributed by atoms with Gasteiger partial charge in [-0.25, -0.2) is 12.8 Å². The smallest absolute Gasteiger partial charge is 0.322 e. The summed E-state index contributed by atoms with van der Waals surface area (Å²) in [5.41, 5.74) is -0.930. The Balaban J connectivity index is 2.35. The Hall–Kier alpha value is -1.17. The van der Waals surface area contributed by atoms with Gasteiger partial charge in [0.25, 0.3) is 0 Å². The van der Waals surface area contributed by atoms with E-state index in [2.05, 4.69) is 0 Å². The Bertz CT molecular complexity index is 476. The van der Waals surface area contributed by atoms with Crippen LogP contribution >= 0.6 is 0 Å². The van der Waals surface area contributed by atoms with Crippen LogP contribution in [0.15, 0.2) is 24.1 Å². The van der Waals surface area contributed by atoms with Crippen LogP contribution in [0.5, 0.6) is 0 Å². The fourth-order valence-electron chi connectivity index (χ4n) is 2.16. The summed E-state index contributed by atoms with van der Waals surface area (Å²) in [5.74, 6) is -2.02. The average Bonchev–Trinajstić information content (AvgIpc) is 2.06. The number of aliphatic carboxylic acids is 1. The number of hydrogen-bond acceptors (Lipinski definition) is 3. The molecule has 1 spiro atoms. The molecule has 0 unspecified atom stereocenters. The van der Waals surface area contributed by atoms with Crippen molar-refractivity contribution in [3.63, 3.8) is 0 Å². The van der Waals surface area contributed by atoms with Crippen molar-refractivity contribution in [2.45, 2.75) is 11.7 Å². The largest absolute Gasteiger partial charge is 0.480 e. The molecule has 0 aromatic heterocycles. The quantitative estimate of drug-likeness (QED) is 0.721. The molecular weight excluding hydrogens is 223 g/mol. The van der Waals surface area contributed by atoms with E-state index < -0.39 is 32.3 Å². The number of hydrogen-bond donors (Lipinski definition) is 1. The summed E-state index contributed by atoms with van der Waals surface area (Å²) in [4.78, 5) is 10.8. The Labute approximate surface area is 86.0 Å². The van der Waals surface area contributed by atoms with E-state index in [0.717, 1.165) is 6.08 Å². The molecule has 2 atom stereocenters. The second-order valence-electron chi connectivity index (χ2n) is 3.89. The van der Waals surface area contributed by atoms with Crippen LogP contribution in [0.4, 0.5) is 4.39 Å². The molecule has 0 saturated carbocycles. The number of carboxylic acids is 1. The fourth-order valence-corrected chi connectivity index (χ4v) is 4.44. The molecule has 1 aliphatic carbocycles. The second kappa shape index (κ2) is 2.91. The zero-order valence-corrected chi connectivity index (χ0v) is 8.50. The molecule has 2 rings (SSSR count). The van der Waals surface area contributed by atoms with Crippen LogP contribution in [0.3, 0.4) is 0 Å². The van der Waals surface area contributed by atoms with Gasteiger partial charge in [-0.1, -0.05) is 6.08 Å². The summed E-state index contributed by atoms with van der Waals surface area (Å²) in [7, 11) is -3.55. The van der Waals surface area contributed by atoms with Crippen molar-refractivity contribution < 1.29 is 22.7 Å². The second-order valence-corrected chi connectivity index (χ2v) is 5.97. The molecule has 2 aliphatic rings. The van der Waals surface area contributed by atoms with Crippen LogP contribution in [-0.2, 0) is 14.6 Å². The molecule has 82 valence electrons. The summed E-state index contributed by atoms with van der Waals surface area (Å²) in [6.45, 7) is 0. The van der Waals surface area contributed by atoms with E-state index in [0.29, 0.717) is 0 Å². The number of rotatable bonds is 1. The number of carboxylic acid groups (broad SMARTS) is 1. The van der Waals surface area contributed by atoms with Crippen molar-refractivity contribution in [2.75, 3.05) is 5.75 Å². The molecule has 1 heterocycles. The van der Waals surface area contributed by atoms with Gasteiger partial charge in [0.1, 0.15) is 5.83 Å². The van der Waals surface area contributed by atoms with Crippen molar-refractivity contribution in [2.24, 2.45) is 5.41 Å². The Morgan fingerprint density at radius 2 is 2.27 bits per heavy atom. The van der Waals surface area contributed by atoms with Gasteiger partial charge >= 0.3 is 5.97 Å². The molecule has 0 radical (unpaired) electrons. The molecule has 4 nitrogen and oxygen atoms in total. The van der Waals surface area contributed by atoms with Gasteiger partial charge in [-0.3, -0.25) is 4.79 Å². The first-order valence-electron chi connectivity index (χ1n) is 4.37. The van der Waals surface area contributed by atoms with Crippen LogP contribution in [0.25, 0.3) is 0 Å². The van der Waals surface area contributed by atoms with Gasteiger partial charge in [-0.05, 0) is 18.6 Å². The Morgan fingerprint density at radius 3 is 2.67 bits per heavy atom. The monoisotopic (exact) mass is 232 g/mol. The van der Waals surface area contributed by atoms with E-state index in [-0.39, 0.29) is 12.2 Å². The Morgan fingerprint density at radius 1 is 1.60 bits per heavy atom. The third kappa shape index (κ3) is 1.40. The number of sulfone groups is 1. The minimum atomic E-state index is -3.55. The molecule has 6 heteroatoms. The minimum Gasteiger partial charge on any atom is -0.480 e. The number of carbonyl (C=O) groups is 1. The van der Waals surface area contributed by atoms with E-state index in [1.807, 2.05) is 0 Å². The first-order chi connectivity index (χ1) is 6.87. The van der Waals surface area contributed by atoms with Crippen LogP contribution < -0.4 is 0 Å². The van der Waals surface area contributed by atoms with E-state index >= 15 is 0 Å². The number of halogens is 1. The normalized spacial score (nSPS) is 37.1. The van der Waals surface area contributed by atoms with Crippen molar-refractivity contribution in [3.05, 3.63) is 24.1 Å². The average molecular weight is 232 g/mol. The molecular formula is C9H9FO4S. The zero-order chi connectivity index (χ0) is 11.3. The lowest BCUT2D eigenvalue weighted by atomic mass is 9.79. The fraction of sp³-hybridized carbons (Fsp3) is 0.444. The summed E-state index contributed by atoms with van der Waals surface area (Å²) >= 11 is 0. The lowest BCUT2D eigenvalue weighted by Gasteiger charge is -2.44. The van der Waals surface area contributed by atoms with E-state index in [1.165, 1.54) is 12.2 Å². The highest BCUT2D eigenvalue weighted by atomic mass is 32.2. The van der Waals surface area contributed by atoms with Crippen LogP contribution in [0, 0.1) is 5.41 Å². The summed E-state index contributed by atoms with van der Waals surface area (Å²) < 4.78 is 35.3. The predicted octanol–water partition coefficient (Wildman–Crippen LogP) is 0.668. The lowest BCUT2D eigenvalue weighted by Crippen LogP contribution is -2.60. The van der Waals surface area contributed by atoms with Gasteiger partial charge in [-0.2, -0.15) is 0 Å². The molecule has 0 aromatic rings. The Kier molecular flexibility index (Phi) is 2.01. The summed E-state index contributed by atoms with van der Waals surface area (Å²) in [5, 5.41) is 7.40. The third-order valence-corrected chi connectivity index (χ3v) is 5.16. The molecule has 1 N–H and O–H groups in total. The van der Waals surface area contributed by atoms with Crippen molar-refractivity contribution >= 4 is 15.8 Å². The van der Waals surface area contributed by atoms with Crippen molar-refractivity contribution in [3.8, 4) is 0 Å². The molecule has 1 aliphatic heterocycles. The van der Waals surface area contributed by atoms with Crippen LogP contribution in [0.1, 0.15) is 6.42 Å². The molecule has 0 aromatic carbocycles. The topological polar surface area (TPSA) is 71.4 Å². The first kappa shape index (κ1) is 10.4. The van der Waals surface area contributed by atoms with Crippen LogP contribution in [-0.4, -0.2) is 30.5 Å². The predicted molar refractivity (Wildman–Crippen MR) is 50.6 cm³/mol. The van der Waals surface area contributed by atoms with Gasteiger partial charge in [0.05, 0.1) is 5.75 Å². The maximum atomic E-state index is 12.7. The van der Waals surface area contributed by atoms with Crippen molar-refractivity contribution in [1.82, 2.24) is 0 Å². The molecule has 1 fully saturated rings. The SMILES string of the molecule is O=C(O)[C@@H]1[C@]2(C=CC(F)=CC2)CS1(=O)=O. The highest BCUT2D eigenvalue weighted by molar-refractivity contribution is 7.94. The third-order valence-electron chi connectivity index (χ3n) is 2.83. The van der Waals surface area contributed by atoms with E-state index in [1.54, 1.807) is 0 Å². The lowest BCUT2D eigenvalue weighted by molar-refractivity contribution is -0.138. The standard InChI is InChI=1S/C9H9FO4S/c10-6-1-3-9(4-2-6)5-15(13,14)7(9)8(11)12/h1-3,7H,4-5H2,(H,11,12)/t7-,9+/m1/s1. The zero-order valence-electron chi connectivity index (χ0n) is 7.68. The number of allylic oxidation sites excluding steroid dienone is 4. The molecule has 0 bridgehead atoms. The van der Waals surface area contributed by atoms with Crippen LogP contribution in [0.2, 0.25) is 0 Å². The molecule has 15 heavy (non-hydrogen) atoms. The van der Waals surface area contributed by atoms with Gasteiger partial charge in [0.15, 0.2) is 15.1 Å². The van der Waals surface area contributed by atoms with Gasteiger partial charge in [0, 0.05) is 5.41 Å². The van der Waals surface area contributed by atoms with Gasteiger partial charge in [0.2, 0.25) is 0 Å². The van der Waals surface area contributed by atoms with Gasteiger partial charge in [-0.15, -0.1) is 0 Å². The summed E-state index contributed by atoms with van der Waals surface area (Å²) in [6, 6.07) is 0. The maximum Gasteiger partial charge on any atom is 0.322 e. The van der Waals surface area contributed by atoms with E-state index in [4.69, 9.17) is 5.11 Å². The van der Waals surface area contributed by atoms with Crippen molar-refractivity contribution in [1.29, 1.82) is 0 Å². The van der Waals surface area contributed by atoms with E-state index in [9.17, 15) is 17.6 Å². The van der Waals surface area contributed by atoms with Gasteiger partial charge < -0.3 is 5.11 Å². The molecule has 0 amide bonds.